The minimum atomic E-state index is -0.980. The molecule has 0 radical (unpaired) electrons. The first-order chi connectivity index (χ1) is 9.10. The first-order valence-corrected chi connectivity index (χ1v) is 6.88. The number of rotatable bonds is 5. The van der Waals surface area contributed by atoms with Crippen molar-refractivity contribution in [2.24, 2.45) is 0 Å². The topological polar surface area (TPSA) is 59.4 Å². The number of carbonyl (C=O) groups is 1. The highest BCUT2D eigenvalue weighted by atomic mass is 32.1. The summed E-state index contributed by atoms with van der Waals surface area (Å²) in [7, 11) is 0. The van der Waals surface area contributed by atoms with Gasteiger partial charge in [-0.15, -0.1) is 11.3 Å². The van der Waals surface area contributed by atoms with Crippen LogP contribution in [0.2, 0.25) is 0 Å². The van der Waals surface area contributed by atoms with Gasteiger partial charge in [-0.3, -0.25) is 0 Å². The molecule has 0 saturated heterocycles. The van der Waals surface area contributed by atoms with E-state index >= 15 is 0 Å². The summed E-state index contributed by atoms with van der Waals surface area (Å²) in [4.78, 5) is 15.5. The molecule has 0 atom stereocenters. The molecule has 1 aromatic heterocycles. The highest BCUT2D eigenvalue weighted by molar-refractivity contribution is 7.09. The van der Waals surface area contributed by atoms with E-state index in [2.05, 4.69) is 4.98 Å². The quantitative estimate of drug-likeness (QED) is 0.911. The molecular weight excluding hydrogens is 262 g/mol. The molecule has 1 N–H and O–H groups in total. The first-order valence-electron chi connectivity index (χ1n) is 6.00. The van der Waals surface area contributed by atoms with Gasteiger partial charge in [-0.1, -0.05) is 18.6 Å². The number of aryl methyl sites for hydroxylation is 2. The summed E-state index contributed by atoms with van der Waals surface area (Å²) >= 11 is 1.59. The zero-order valence-electron chi connectivity index (χ0n) is 10.8. The van der Waals surface area contributed by atoms with Crippen LogP contribution in [-0.4, -0.2) is 16.1 Å². The van der Waals surface area contributed by atoms with Gasteiger partial charge in [0.1, 0.15) is 17.9 Å². The van der Waals surface area contributed by atoms with Crippen molar-refractivity contribution in [2.45, 2.75) is 26.9 Å². The molecule has 0 unspecified atom stereocenters. The van der Waals surface area contributed by atoms with Gasteiger partial charge in [-0.2, -0.15) is 0 Å². The van der Waals surface area contributed by atoms with Gasteiger partial charge in [-0.05, 0) is 25.5 Å². The molecule has 100 valence electrons. The van der Waals surface area contributed by atoms with E-state index in [1.807, 2.05) is 25.3 Å². The molecule has 0 saturated carbocycles. The molecule has 2 rings (SSSR count). The normalized spacial score (nSPS) is 10.4. The van der Waals surface area contributed by atoms with Gasteiger partial charge in [0.15, 0.2) is 0 Å². The summed E-state index contributed by atoms with van der Waals surface area (Å²) in [6.07, 6.45) is 0.898. The van der Waals surface area contributed by atoms with Gasteiger partial charge in [0, 0.05) is 5.38 Å². The molecule has 0 aliphatic heterocycles. The van der Waals surface area contributed by atoms with Crippen LogP contribution in [0.15, 0.2) is 23.6 Å². The Morgan fingerprint density at radius 3 is 2.89 bits per heavy atom. The van der Waals surface area contributed by atoms with E-state index in [9.17, 15) is 4.79 Å². The van der Waals surface area contributed by atoms with E-state index < -0.39 is 5.97 Å². The number of hydrogen-bond acceptors (Lipinski definition) is 4. The van der Waals surface area contributed by atoms with Crippen LogP contribution < -0.4 is 4.74 Å². The largest absolute Gasteiger partial charge is 0.486 e. The second-order valence-corrected chi connectivity index (χ2v) is 5.12. The van der Waals surface area contributed by atoms with Crippen LogP contribution in [0.1, 0.15) is 33.5 Å². The zero-order chi connectivity index (χ0) is 13.8. The van der Waals surface area contributed by atoms with Gasteiger partial charge < -0.3 is 9.84 Å². The van der Waals surface area contributed by atoms with Crippen LogP contribution in [-0.2, 0) is 13.0 Å². The van der Waals surface area contributed by atoms with Gasteiger partial charge in [-0.25, -0.2) is 9.78 Å². The van der Waals surface area contributed by atoms with Gasteiger partial charge in [0.2, 0.25) is 0 Å². The fourth-order valence-electron chi connectivity index (χ4n) is 1.67. The molecule has 0 amide bonds. The third kappa shape index (κ3) is 3.32. The Kier molecular flexibility index (Phi) is 4.16. The third-order valence-electron chi connectivity index (χ3n) is 2.64. The Bertz CT molecular complexity index is 592. The summed E-state index contributed by atoms with van der Waals surface area (Å²) in [6.45, 7) is 4.19. The maximum atomic E-state index is 11.1. The molecule has 2 aromatic rings. The Balaban J connectivity index is 2.12. The van der Waals surface area contributed by atoms with Crippen molar-refractivity contribution in [3.8, 4) is 5.75 Å². The monoisotopic (exact) mass is 277 g/mol. The lowest BCUT2D eigenvalue weighted by molar-refractivity contribution is 0.0691. The SMILES string of the molecule is CCc1nc(COc2ccc(C)cc2C(=O)O)cs1. The van der Waals surface area contributed by atoms with E-state index in [0.717, 1.165) is 22.7 Å². The van der Waals surface area contributed by atoms with Gasteiger partial charge >= 0.3 is 5.97 Å². The molecular formula is C14H15NO3S. The number of carboxylic acid groups (broad SMARTS) is 1. The van der Waals surface area contributed by atoms with Crippen LogP contribution in [0.25, 0.3) is 0 Å². The van der Waals surface area contributed by atoms with E-state index in [1.165, 1.54) is 0 Å². The summed E-state index contributed by atoms with van der Waals surface area (Å²) in [5, 5.41) is 12.1. The first kappa shape index (κ1) is 13.5. The Morgan fingerprint density at radius 2 is 2.26 bits per heavy atom. The maximum absolute atomic E-state index is 11.1. The summed E-state index contributed by atoms with van der Waals surface area (Å²) in [5.41, 5.74) is 1.91. The number of aromatic nitrogens is 1. The van der Waals surface area contributed by atoms with Crippen molar-refractivity contribution in [3.05, 3.63) is 45.4 Å². The number of aromatic carboxylic acids is 1. The molecule has 0 spiro atoms. The van der Waals surface area contributed by atoms with Crippen molar-refractivity contribution in [1.82, 2.24) is 4.98 Å². The molecule has 4 nitrogen and oxygen atoms in total. The number of benzene rings is 1. The minimum absolute atomic E-state index is 0.186. The van der Waals surface area contributed by atoms with Crippen LogP contribution in [0.5, 0.6) is 5.75 Å². The minimum Gasteiger partial charge on any atom is -0.486 e. The summed E-state index contributed by atoms with van der Waals surface area (Å²) in [5.74, 6) is -0.602. The fraction of sp³-hybridized carbons (Fsp3) is 0.286. The van der Waals surface area contributed by atoms with Crippen LogP contribution >= 0.6 is 11.3 Å². The van der Waals surface area contributed by atoms with Crippen molar-refractivity contribution in [3.63, 3.8) is 0 Å². The number of hydrogen-bond donors (Lipinski definition) is 1. The lowest BCUT2D eigenvalue weighted by atomic mass is 10.1. The molecule has 0 aliphatic carbocycles. The Morgan fingerprint density at radius 1 is 1.47 bits per heavy atom. The van der Waals surface area contributed by atoms with E-state index in [1.54, 1.807) is 23.5 Å². The second kappa shape index (κ2) is 5.84. The lowest BCUT2D eigenvalue weighted by Gasteiger charge is -2.08. The fourth-order valence-corrected chi connectivity index (χ4v) is 2.40. The number of thiazole rings is 1. The third-order valence-corrected chi connectivity index (χ3v) is 3.68. The molecule has 5 heteroatoms. The second-order valence-electron chi connectivity index (χ2n) is 4.18. The average Bonchev–Trinajstić information content (AvgIpc) is 2.85. The predicted octanol–water partition coefficient (Wildman–Crippen LogP) is 3.29. The van der Waals surface area contributed by atoms with Crippen LogP contribution in [0.4, 0.5) is 0 Å². The van der Waals surface area contributed by atoms with E-state index in [4.69, 9.17) is 9.84 Å². The molecule has 0 bridgehead atoms. The van der Waals surface area contributed by atoms with E-state index in [-0.39, 0.29) is 5.56 Å². The molecule has 0 fully saturated rings. The van der Waals surface area contributed by atoms with Crippen molar-refractivity contribution in [2.75, 3.05) is 0 Å². The maximum Gasteiger partial charge on any atom is 0.339 e. The number of nitrogens with zero attached hydrogens (tertiary/aromatic N) is 1. The Labute approximate surface area is 115 Å². The predicted molar refractivity (Wildman–Crippen MR) is 74.0 cm³/mol. The number of carboxylic acids is 1. The van der Waals surface area contributed by atoms with Crippen molar-refractivity contribution in [1.29, 1.82) is 0 Å². The molecule has 1 heterocycles. The zero-order valence-corrected chi connectivity index (χ0v) is 11.7. The highest BCUT2D eigenvalue weighted by Crippen LogP contribution is 2.21. The highest BCUT2D eigenvalue weighted by Gasteiger charge is 2.12. The van der Waals surface area contributed by atoms with Gasteiger partial charge in [0.25, 0.3) is 0 Å². The molecule has 1 aromatic carbocycles. The average molecular weight is 277 g/mol. The number of ether oxygens (including phenoxy) is 1. The van der Waals surface area contributed by atoms with Crippen LogP contribution in [0, 0.1) is 6.92 Å². The van der Waals surface area contributed by atoms with E-state index in [0.29, 0.717) is 12.4 Å². The molecule has 0 aliphatic rings. The standard InChI is InChI=1S/C14H15NO3S/c1-3-13-15-10(8-19-13)7-18-12-5-4-9(2)6-11(12)14(16)17/h4-6,8H,3,7H2,1-2H3,(H,16,17). The molecule has 19 heavy (non-hydrogen) atoms. The summed E-state index contributed by atoms with van der Waals surface area (Å²) < 4.78 is 5.56. The summed E-state index contributed by atoms with van der Waals surface area (Å²) in [6, 6.07) is 5.13. The van der Waals surface area contributed by atoms with Crippen molar-refractivity contribution >= 4 is 17.3 Å². The van der Waals surface area contributed by atoms with Crippen molar-refractivity contribution < 1.29 is 14.6 Å². The van der Waals surface area contributed by atoms with Gasteiger partial charge in [0.05, 0.1) is 10.7 Å². The smallest absolute Gasteiger partial charge is 0.339 e. The Hall–Kier alpha value is -1.88. The lowest BCUT2D eigenvalue weighted by Crippen LogP contribution is -2.04. The van der Waals surface area contributed by atoms with Crippen LogP contribution in [0.3, 0.4) is 0 Å².